The molecule has 0 heterocycles. The molecule has 0 N–H and O–H groups in total. The molecule has 146 valence electrons. The molecule has 0 spiro atoms. The van der Waals surface area contributed by atoms with Gasteiger partial charge in [0.25, 0.3) is 0 Å². The first-order valence-corrected chi connectivity index (χ1v) is 9.99. The van der Waals surface area contributed by atoms with Crippen molar-refractivity contribution in [2.45, 2.75) is 17.9 Å². The fraction of sp³-hybridized carbons (Fsp3) is 0.316. The van der Waals surface area contributed by atoms with E-state index in [-0.39, 0.29) is 28.1 Å². The Morgan fingerprint density at radius 2 is 1.74 bits per heavy atom. The van der Waals surface area contributed by atoms with Gasteiger partial charge in [0.1, 0.15) is 28.2 Å². The number of hydrogen-bond donors (Lipinski definition) is 0. The molecule has 0 aliphatic heterocycles. The normalized spacial score (nSPS) is 12.3. The summed E-state index contributed by atoms with van der Waals surface area (Å²) in [4.78, 5) is 12.0. The molecule has 2 aromatic carbocycles. The number of sulfone groups is 1. The molecule has 0 aromatic heterocycles. The summed E-state index contributed by atoms with van der Waals surface area (Å²) < 4.78 is 45.2. The van der Waals surface area contributed by atoms with E-state index in [9.17, 15) is 13.2 Å². The van der Waals surface area contributed by atoms with Crippen molar-refractivity contribution < 1.29 is 32.2 Å². The van der Waals surface area contributed by atoms with Crippen LogP contribution in [0.3, 0.4) is 0 Å². The maximum atomic E-state index is 12.0. The summed E-state index contributed by atoms with van der Waals surface area (Å²) in [5, 5.41) is 0. The number of esters is 1. The molecule has 0 aliphatic rings. The number of carbonyl (C=O) groups excluding carboxylic acids is 1. The Hall–Kier alpha value is -2.58. The van der Waals surface area contributed by atoms with Crippen molar-refractivity contribution in [1.82, 2.24) is 0 Å². The third kappa shape index (κ3) is 5.70. The highest BCUT2D eigenvalue weighted by molar-refractivity contribution is 7.90. The number of rotatable bonds is 8. The molecule has 0 radical (unpaired) electrons. The van der Waals surface area contributed by atoms with E-state index in [1.54, 1.807) is 25.3 Å². The minimum atomic E-state index is -3.49. The van der Waals surface area contributed by atoms with Gasteiger partial charge in [-0.1, -0.05) is 12.1 Å². The zero-order valence-electron chi connectivity index (χ0n) is 15.6. The molecule has 8 heteroatoms. The number of benzene rings is 2. The van der Waals surface area contributed by atoms with E-state index >= 15 is 0 Å². The summed E-state index contributed by atoms with van der Waals surface area (Å²) in [6, 6.07) is 10.8. The van der Waals surface area contributed by atoms with Gasteiger partial charge in [-0.3, -0.25) is 0 Å². The first kappa shape index (κ1) is 20.7. The zero-order valence-corrected chi connectivity index (χ0v) is 16.4. The predicted molar refractivity (Wildman–Crippen MR) is 99.4 cm³/mol. The number of carbonyl (C=O) groups is 1. The maximum Gasteiger partial charge on any atom is 0.338 e. The van der Waals surface area contributed by atoms with Crippen molar-refractivity contribution in [3.05, 3.63) is 48.0 Å². The van der Waals surface area contributed by atoms with Gasteiger partial charge in [-0.25, -0.2) is 13.2 Å². The number of ether oxygens (including phenoxy) is 4. The molecule has 0 saturated carbocycles. The number of para-hydroxylation sites is 1. The topological polar surface area (TPSA) is 88.1 Å². The second-order valence-electron chi connectivity index (χ2n) is 5.89. The summed E-state index contributed by atoms with van der Waals surface area (Å²) in [5.41, 5.74) is 0.214. The monoisotopic (exact) mass is 394 g/mol. The van der Waals surface area contributed by atoms with Crippen molar-refractivity contribution >= 4 is 15.8 Å². The summed E-state index contributed by atoms with van der Waals surface area (Å²) >= 11 is 0. The molecule has 27 heavy (non-hydrogen) atoms. The largest absolute Gasteiger partial charge is 0.488 e. The highest BCUT2D eigenvalue weighted by Crippen LogP contribution is 2.32. The standard InChI is InChI=1S/C19H22O7S/c1-13(12-23-2)25-15-9-14(19(20)24-3)10-16(11-15)26-17-7-5-6-8-18(17)27(4,21)22/h5-11,13H,12H2,1-4H3. The summed E-state index contributed by atoms with van der Waals surface area (Å²) in [6.07, 6.45) is 0.833. The van der Waals surface area contributed by atoms with Gasteiger partial charge in [-0.05, 0) is 31.2 Å². The molecule has 0 aliphatic carbocycles. The molecule has 7 nitrogen and oxygen atoms in total. The minimum Gasteiger partial charge on any atom is -0.488 e. The lowest BCUT2D eigenvalue weighted by Gasteiger charge is -2.16. The van der Waals surface area contributed by atoms with Crippen LogP contribution >= 0.6 is 0 Å². The van der Waals surface area contributed by atoms with Crippen LogP contribution in [-0.2, 0) is 19.3 Å². The Balaban J connectivity index is 2.43. The van der Waals surface area contributed by atoms with E-state index in [1.807, 2.05) is 6.92 Å². The maximum absolute atomic E-state index is 12.0. The lowest BCUT2D eigenvalue weighted by Crippen LogP contribution is -2.18. The van der Waals surface area contributed by atoms with Gasteiger partial charge in [0.2, 0.25) is 0 Å². The van der Waals surface area contributed by atoms with Gasteiger partial charge >= 0.3 is 5.97 Å². The summed E-state index contributed by atoms with van der Waals surface area (Å²) in [5.74, 6) is 0.196. The van der Waals surface area contributed by atoms with E-state index in [4.69, 9.17) is 18.9 Å². The number of hydrogen-bond acceptors (Lipinski definition) is 7. The molecule has 0 bridgehead atoms. The van der Waals surface area contributed by atoms with Gasteiger partial charge < -0.3 is 18.9 Å². The lowest BCUT2D eigenvalue weighted by molar-refractivity contribution is 0.0598. The molecule has 2 rings (SSSR count). The van der Waals surface area contributed by atoms with Gasteiger partial charge in [0.05, 0.1) is 19.3 Å². The first-order chi connectivity index (χ1) is 12.7. The van der Waals surface area contributed by atoms with Gasteiger partial charge in [-0.15, -0.1) is 0 Å². The van der Waals surface area contributed by atoms with E-state index in [2.05, 4.69) is 0 Å². The van der Waals surface area contributed by atoms with Crippen LogP contribution in [0.15, 0.2) is 47.4 Å². The SMILES string of the molecule is COCC(C)Oc1cc(Oc2ccccc2S(C)(=O)=O)cc(C(=O)OC)c1. The van der Waals surface area contributed by atoms with Crippen LogP contribution in [0.4, 0.5) is 0 Å². The Kier molecular flexibility index (Phi) is 6.81. The van der Waals surface area contributed by atoms with Crippen LogP contribution in [0.2, 0.25) is 0 Å². The van der Waals surface area contributed by atoms with Gasteiger partial charge in [-0.2, -0.15) is 0 Å². The van der Waals surface area contributed by atoms with E-state index in [0.29, 0.717) is 12.4 Å². The fourth-order valence-electron chi connectivity index (χ4n) is 2.40. The quantitative estimate of drug-likeness (QED) is 0.636. The van der Waals surface area contributed by atoms with Crippen LogP contribution in [-0.4, -0.2) is 47.6 Å². The van der Waals surface area contributed by atoms with Crippen molar-refractivity contribution in [3.8, 4) is 17.2 Å². The van der Waals surface area contributed by atoms with Crippen LogP contribution in [0.25, 0.3) is 0 Å². The first-order valence-electron chi connectivity index (χ1n) is 8.10. The Morgan fingerprint density at radius 1 is 1.07 bits per heavy atom. The second kappa shape index (κ2) is 8.88. The van der Waals surface area contributed by atoms with Crippen molar-refractivity contribution in [1.29, 1.82) is 0 Å². The average molecular weight is 394 g/mol. The van der Waals surface area contributed by atoms with Crippen molar-refractivity contribution in [2.75, 3.05) is 27.1 Å². The third-order valence-electron chi connectivity index (χ3n) is 3.52. The highest BCUT2D eigenvalue weighted by Gasteiger charge is 2.17. The molecule has 2 aromatic rings. The molecular weight excluding hydrogens is 372 g/mol. The van der Waals surface area contributed by atoms with E-state index < -0.39 is 15.8 Å². The van der Waals surface area contributed by atoms with Crippen LogP contribution in [0.5, 0.6) is 17.2 Å². The lowest BCUT2D eigenvalue weighted by atomic mass is 10.2. The smallest absolute Gasteiger partial charge is 0.338 e. The highest BCUT2D eigenvalue weighted by atomic mass is 32.2. The van der Waals surface area contributed by atoms with Crippen molar-refractivity contribution in [3.63, 3.8) is 0 Å². The van der Waals surface area contributed by atoms with Gasteiger partial charge in [0, 0.05) is 19.4 Å². The Bertz CT molecular complexity index is 906. The molecule has 1 unspecified atom stereocenters. The average Bonchev–Trinajstić information content (AvgIpc) is 2.60. The predicted octanol–water partition coefficient (Wildman–Crippen LogP) is 3.08. The molecular formula is C19H22O7S. The number of methoxy groups -OCH3 is 2. The zero-order chi connectivity index (χ0) is 20.0. The van der Waals surface area contributed by atoms with Crippen LogP contribution < -0.4 is 9.47 Å². The van der Waals surface area contributed by atoms with E-state index in [1.165, 1.54) is 31.4 Å². The molecule has 1 atom stereocenters. The van der Waals surface area contributed by atoms with E-state index in [0.717, 1.165) is 6.26 Å². The molecule has 0 fully saturated rings. The summed E-state index contributed by atoms with van der Waals surface area (Å²) in [6.45, 7) is 2.17. The molecule has 0 saturated heterocycles. The Labute approximate surface area is 158 Å². The van der Waals surface area contributed by atoms with Crippen molar-refractivity contribution in [2.24, 2.45) is 0 Å². The molecule has 0 amide bonds. The summed E-state index contributed by atoms with van der Waals surface area (Å²) in [7, 11) is -0.662. The third-order valence-corrected chi connectivity index (χ3v) is 4.65. The fourth-order valence-corrected chi connectivity index (χ4v) is 3.20. The van der Waals surface area contributed by atoms with Crippen LogP contribution in [0.1, 0.15) is 17.3 Å². The van der Waals surface area contributed by atoms with Crippen LogP contribution in [0, 0.1) is 0 Å². The van der Waals surface area contributed by atoms with Gasteiger partial charge in [0.15, 0.2) is 9.84 Å². The Morgan fingerprint density at radius 3 is 2.37 bits per heavy atom. The second-order valence-corrected chi connectivity index (χ2v) is 7.87. The minimum absolute atomic E-state index is 0.0451.